The molecule has 6 rings (SSSR count). The average molecular weight is 555 g/mol. The van der Waals surface area contributed by atoms with Crippen LogP contribution in [0.3, 0.4) is 0 Å². The highest BCUT2D eigenvalue weighted by molar-refractivity contribution is 6.14. The number of nitrogens with one attached hydrogen (secondary N) is 2. The molecule has 0 saturated carbocycles. The summed E-state index contributed by atoms with van der Waals surface area (Å²) in [5.41, 5.74) is 3.00. The maximum absolute atomic E-state index is 14.8. The zero-order valence-corrected chi connectivity index (χ0v) is 22.2. The van der Waals surface area contributed by atoms with E-state index < -0.39 is 24.9 Å². The largest absolute Gasteiger partial charge is 0.406 e. The van der Waals surface area contributed by atoms with Crippen molar-refractivity contribution < 1.29 is 17.6 Å². The summed E-state index contributed by atoms with van der Waals surface area (Å²) in [5.74, 6) is 0.952. The maximum atomic E-state index is 14.8. The number of rotatable bonds is 7. The summed E-state index contributed by atoms with van der Waals surface area (Å²) in [4.78, 5) is 15.5. The number of aromatic nitrogens is 3. The number of anilines is 2. The quantitative estimate of drug-likeness (QED) is 0.320. The first kappa shape index (κ1) is 26.3. The Bertz CT molecular complexity index is 1620. The third kappa shape index (κ3) is 5.15. The molecule has 2 unspecified atom stereocenters. The number of hydrogen-bond acceptors (Lipinski definition) is 6. The van der Waals surface area contributed by atoms with Crippen LogP contribution < -0.4 is 10.6 Å². The lowest BCUT2D eigenvalue weighted by Crippen LogP contribution is -2.46. The van der Waals surface area contributed by atoms with E-state index >= 15 is 0 Å². The van der Waals surface area contributed by atoms with Gasteiger partial charge in [-0.3, -0.25) is 4.99 Å². The highest BCUT2D eigenvalue weighted by Gasteiger charge is 2.32. The minimum absolute atomic E-state index is 0.247. The van der Waals surface area contributed by atoms with Crippen LogP contribution in [0.25, 0.3) is 21.8 Å². The minimum atomic E-state index is -4.45. The number of piperidine rings is 1. The van der Waals surface area contributed by atoms with Crippen molar-refractivity contribution in [3.05, 3.63) is 54.5 Å². The first-order valence-corrected chi connectivity index (χ1v) is 13.2. The Morgan fingerprint density at radius 1 is 1.07 bits per heavy atom. The minimum Gasteiger partial charge on any atom is -0.379 e. The van der Waals surface area contributed by atoms with Gasteiger partial charge < -0.3 is 24.7 Å². The third-order valence-corrected chi connectivity index (χ3v) is 7.54. The second kappa shape index (κ2) is 10.2. The number of fused-ring (bicyclic) bond motifs is 2. The monoisotopic (exact) mass is 554 g/mol. The fourth-order valence-corrected chi connectivity index (χ4v) is 5.51. The van der Waals surface area contributed by atoms with E-state index in [0.29, 0.717) is 47.6 Å². The van der Waals surface area contributed by atoms with Gasteiger partial charge in [0.2, 0.25) is 0 Å². The summed E-state index contributed by atoms with van der Waals surface area (Å²) in [7, 11) is 3.83. The van der Waals surface area contributed by atoms with Crippen molar-refractivity contribution in [2.75, 3.05) is 43.9 Å². The molecule has 3 aromatic heterocycles. The molecule has 1 saturated heterocycles. The van der Waals surface area contributed by atoms with Crippen molar-refractivity contribution >= 4 is 44.9 Å². The summed E-state index contributed by atoms with van der Waals surface area (Å²) < 4.78 is 59.1. The van der Waals surface area contributed by atoms with Gasteiger partial charge in [0.25, 0.3) is 0 Å². The van der Waals surface area contributed by atoms with Gasteiger partial charge in [0.1, 0.15) is 18.5 Å². The number of alkyl halides is 4. The molecule has 4 aromatic rings. The molecule has 40 heavy (non-hydrogen) atoms. The normalized spacial score (nSPS) is 20.2. The first-order valence-electron chi connectivity index (χ1n) is 13.2. The molecule has 0 spiro atoms. The van der Waals surface area contributed by atoms with Crippen molar-refractivity contribution in [1.29, 1.82) is 0 Å². The summed E-state index contributed by atoms with van der Waals surface area (Å²) in [6.07, 6.45) is -1.25. The van der Waals surface area contributed by atoms with Crippen molar-refractivity contribution in [2.24, 2.45) is 17.0 Å². The van der Waals surface area contributed by atoms with Crippen LogP contribution >= 0.6 is 0 Å². The zero-order chi connectivity index (χ0) is 28.0. The topological polar surface area (TPSA) is 74.8 Å². The number of benzene rings is 1. The van der Waals surface area contributed by atoms with Gasteiger partial charge >= 0.3 is 6.18 Å². The Kier molecular flexibility index (Phi) is 6.73. The Morgan fingerprint density at radius 2 is 1.93 bits per heavy atom. The van der Waals surface area contributed by atoms with E-state index in [0.717, 1.165) is 17.4 Å². The molecule has 0 radical (unpaired) electrons. The van der Waals surface area contributed by atoms with Crippen molar-refractivity contribution in [3.63, 3.8) is 0 Å². The molecule has 5 heterocycles. The zero-order valence-electron chi connectivity index (χ0n) is 22.2. The molecule has 0 aliphatic carbocycles. The second-order valence-corrected chi connectivity index (χ2v) is 10.5. The molecule has 210 valence electrons. The number of nitrogens with zero attached hydrogens (tertiary/aromatic N) is 6. The fourth-order valence-electron chi connectivity index (χ4n) is 5.51. The predicted octanol–water partition coefficient (Wildman–Crippen LogP) is 4.86. The van der Waals surface area contributed by atoms with Gasteiger partial charge in [-0.25, -0.2) is 14.4 Å². The molecular weight excluding hydrogens is 524 g/mol. The first-order chi connectivity index (χ1) is 19.2. The molecule has 2 N–H and O–H groups in total. The van der Waals surface area contributed by atoms with Crippen LogP contribution in [0.1, 0.15) is 12.1 Å². The van der Waals surface area contributed by atoms with Crippen molar-refractivity contribution in [1.82, 2.24) is 19.0 Å². The van der Waals surface area contributed by atoms with Crippen LogP contribution in [-0.2, 0) is 13.6 Å². The Labute approximate surface area is 228 Å². The van der Waals surface area contributed by atoms with Crippen LogP contribution in [0.2, 0.25) is 0 Å². The molecule has 2 atom stereocenters. The van der Waals surface area contributed by atoms with Gasteiger partial charge in [0.15, 0.2) is 5.84 Å². The lowest BCUT2D eigenvalue weighted by molar-refractivity contribution is -0.139. The molecule has 0 amide bonds. The predicted molar refractivity (Wildman–Crippen MR) is 150 cm³/mol. The molecule has 1 aromatic carbocycles. The maximum Gasteiger partial charge on any atom is 0.406 e. The van der Waals surface area contributed by atoms with E-state index in [1.54, 1.807) is 30.5 Å². The van der Waals surface area contributed by atoms with Gasteiger partial charge in [-0.2, -0.15) is 13.2 Å². The van der Waals surface area contributed by atoms with E-state index in [2.05, 4.69) is 25.6 Å². The number of hydrogen-bond donors (Lipinski definition) is 2. The summed E-state index contributed by atoms with van der Waals surface area (Å²) in [6.45, 7) is 0.492. The SMILES string of the molecule is CN1CCC(Nc2cccc3c2cc(C2=NCC(CNc4nccc5c4ccn5C)=N2)n3CC(F)(F)F)C(F)C1. The lowest BCUT2D eigenvalue weighted by Gasteiger charge is -2.33. The van der Waals surface area contributed by atoms with Gasteiger partial charge in [-0.15, -0.1) is 0 Å². The lowest BCUT2D eigenvalue weighted by atomic mass is 10.0. The molecule has 8 nitrogen and oxygen atoms in total. The van der Waals surface area contributed by atoms with E-state index in [1.807, 2.05) is 41.9 Å². The number of aryl methyl sites for hydroxylation is 1. The van der Waals surface area contributed by atoms with Gasteiger partial charge in [-0.1, -0.05) is 6.07 Å². The number of pyridine rings is 1. The second-order valence-electron chi connectivity index (χ2n) is 10.5. The van der Waals surface area contributed by atoms with E-state index in [9.17, 15) is 17.6 Å². The van der Waals surface area contributed by atoms with Gasteiger partial charge in [0.05, 0.1) is 41.6 Å². The van der Waals surface area contributed by atoms with Gasteiger partial charge in [0, 0.05) is 49.0 Å². The number of aliphatic imine (C=N–C) groups is 2. The molecular formula is C28H30F4N8. The van der Waals surface area contributed by atoms with Crippen LogP contribution in [0.4, 0.5) is 29.1 Å². The van der Waals surface area contributed by atoms with E-state index in [1.165, 1.54) is 4.57 Å². The van der Waals surface area contributed by atoms with E-state index in [4.69, 9.17) is 0 Å². The summed E-state index contributed by atoms with van der Waals surface area (Å²) in [6, 6.07) is 10.3. The molecule has 2 aliphatic rings. The number of amidine groups is 1. The third-order valence-electron chi connectivity index (χ3n) is 7.54. The van der Waals surface area contributed by atoms with Crippen molar-refractivity contribution in [3.8, 4) is 0 Å². The Morgan fingerprint density at radius 3 is 2.73 bits per heavy atom. The van der Waals surface area contributed by atoms with Crippen molar-refractivity contribution in [2.45, 2.75) is 31.4 Å². The number of likely N-dealkylation sites (tertiary alicyclic amines) is 1. The van der Waals surface area contributed by atoms with Crippen LogP contribution in [-0.4, -0.2) is 82.2 Å². The Hall–Kier alpha value is -3.93. The van der Waals surface area contributed by atoms with Crippen LogP contribution in [0.5, 0.6) is 0 Å². The molecule has 12 heteroatoms. The summed E-state index contributed by atoms with van der Waals surface area (Å²) >= 11 is 0. The van der Waals surface area contributed by atoms with E-state index in [-0.39, 0.29) is 18.1 Å². The smallest absolute Gasteiger partial charge is 0.379 e. The fraction of sp³-hybridized carbons (Fsp3) is 0.393. The standard InChI is InChI=1S/C28H30F4N8/c1-38-10-8-22(20(29)15-38)37-21-4-3-5-24-19(21)12-25(40(24)16-28(30,31)32)27-35-14-17(36-27)13-34-26-18-7-11-39(2)23(18)6-9-33-26/h3-7,9,11-12,20,22,37H,8,10,13-16H2,1-2H3,(H,33,34). The van der Waals surface area contributed by atoms with Gasteiger partial charge in [-0.05, 0) is 43.8 Å². The highest BCUT2D eigenvalue weighted by atomic mass is 19.4. The number of halogens is 4. The van der Waals surface area contributed by atoms with Crippen LogP contribution in [0, 0.1) is 0 Å². The molecule has 2 aliphatic heterocycles. The van der Waals surface area contributed by atoms with Crippen LogP contribution in [0.15, 0.2) is 58.8 Å². The average Bonchev–Trinajstić information content (AvgIpc) is 3.62. The Balaban J connectivity index is 1.29. The summed E-state index contributed by atoms with van der Waals surface area (Å²) in [5, 5.41) is 8.10. The molecule has 0 bridgehead atoms. The highest BCUT2D eigenvalue weighted by Crippen LogP contribution is 2.33. The molecule has 1 fully saturated rings.